The Hall–Kier alpha value is -1.88. The summed E-state index contributed by atoms with van der Waals surface area (Å²) >= 11 is 0. The van der Waals surface area contributed by atoms with Crippen molar-refractivity contribution in [2.75, 3.05) is 32.7 Å². The van der Waals surface area contributed by atoms with Crippen LogP contribution in [0.3, 0.4) is 0 Å². The normalized spacial score (nSPS) is 16.3. The van der Waals surface area contributed by atoms with Gasteiger partial charge < -0.3 is 15.1 Å². The fourth-order valence-electron chi connectivity index (χ4n) is 2.63. The third-order valence-electron chi connectivity index (χ3n) is 3.99. The number of nitrogens with zero attached hydrogens (tertiary/aromatic N) is 2. The number of hydrogen-bond acceptors (Lipinski definition) is 3. The topological polar surface area (TPSA) is 52.7 Å². The molecule has 1 aromatic rings. The first-order chi connectivity index (χ1) is 10.8. The molecule has 1 aromatic carbocycles. The van der Waals surface area contributed by atoms with E-state index < -0.39 is 0 Å². The number of nitrogens with one attached hydrogen (secondary N) is 1. The van der Waals surface area contributed by atoms with Crippen LogP contribution >= 0.6 is 0 Å². The molecule has 5 nitrogen and oxygen atoms in total. The molecule has 0 radical (unpaired) electrons. The average Bonchev–Trinajstić information content (AvgIpc) is 2.53. The van der Waals surface area contributed by atoms with Gasteiger partial charge in [-0.2, -0.15) is 0 Å². The molecule has 0 spiro atoms. The zero-order chi connectivity index (χ0) is 17.0. The maximum Gasteiger partial charge on any atom is 0.253 e. The molecule has 5 heteroatoms. The van der Waals surface area contributed by atoms with E-state index in [9.17, 15) is 9.59 Å². The average molecular weight is 317 g/mol. The Morgan fingerprint density at radius 3 is 2.00 bits per heavy atom. The van der Waals surface area contributed by atoms with E-state index in [1.165, 1.54) is 0 Å². The molecular weight excluding hydrogens is 290 g/mol. The summed E-state index contributed by atoms with van der Waals surface area (Å²) in [6, 6.07) is 6.92. The van der Waals surface area contributed by atoms with Crippen LogP contribution in [0.1, 0.15) is 48.4 Å². The summed E-state index contributed by atoms with van der Waals surface area (Å²) in [7, 11) is 0. The lowest BCUT2D eigenvalue weighted by atomic mass is 10.1. The van der Waals surface area contributed by atoms with Crippen molar-refractivity contribution in [2.45, 2.75) is 33.2 Å². The van der Waals surface area contributed by atoms with E-state index in [-0.39, 0.29) is 17.4 Å². The van der Waals surface area contributed by atoms with Crippen molar-refractivity contribution in [1.29, 1.82) is 0 Å². The largest absolute Gasteiger partial charge is 0.347 e. The molecule has 1 aliphatic rings. The summed E-state index contributed by atoms with van der Waals surface area (Å²) in [5.41, 5.74) is 0.944. The van der Waals surface area contributed by atoms with Gasteiger partial charge in [-0.25, -0.2) is 0 Å². The fraction of sp³-hybridized carbons (Fsp3) is 0.556. The number of benzene rings is 1. The van der Waals surface area contributed by atoms with Crippen LogP contribution < -0.4 is 5.32 Å². The van der Waals surface area contributed by atoms with Crippen molar-refractivity contribution in [3.63, 3.8) is 0 Å². The van der Waals surface area contributed by atoms with Gasteiger partial charge in [-0.1, -0.05) is 6.92 Å². The van der Waals surface area contributed by atoms with Crippen LogP contribution in [0.2, 0.25) is 0 Å². The number of likely N-dealkylation sites (N-methyl/N-ethyl adjacent to an activating group) is 1. The lowest BCUT2D eigenvalue weighted by Gasteiger charge is -2.34. The van der Waals surface area contributed by atoms with E-state index in [0.29, 0.717) is 11.1 Å². The maximum absolute atomic E-state index is 12.5. The second-order valence-corrected chi connectivity index (χ2v) is 7.01. The molecule has 2 rings (SSSR count). The van der Waals surface area contributed by atoms with Gasteiger partial charge in [0.15, 0.2) is 0 Å². The van der Waals surface area contributed by atoms with E-state index in [0.717, 1.165) is 32.7 Å². The van der Waals surface area contributed by atoms with Crippen LogP contribution in [0.15, 0.2) is 24.3 Å². The first-order valence-corrected chi connectivity index (χ1v) is 8.24. The standard InChI is InChI=1S/C18H27N3O2/c1-5-20-10-12-21(13-11-20)17(23)15-8-6-14(7-9-15)16(22)19-18(2,3)4/h6-9H,5,10-13H2,1-4H3,(H,19,22). The summed E-state index contributed by atoms with van der Waals surface area (Å²) in [5, 5.41) is 2.92. The third-order valence-corrected chi connectivity index (χ3v) is 3.99. The number of piperazine rings is 1. The molecule has 1 heterocycles. The zero-order valence-corrected chi connectivity index (χ0v) is 14.6. The van der Waals surface area contributed by atoms with E-state index in [4.69, 9.17) is 0 Å². The Bertz CT molecular complexity index is 553. The van der Waals surface area contributed by atoms with Gasteiger partial charge in [0.25, 0.3) is 11.8 Å². The quantitative estimate of drug-likeness (QED) is 0.927. The highest BCUT2D eigenvalue weighted by Crippen LogP contribution is 2.11. The van der Waals surface area contributed by atoms with Gasteiger partial charge in [-0.05, 0) is 51.6 Å². The van der Waals surface area contributed by atoms with Gasteiger partial charge in [-0.15, -0.1) is 0 Å². The van der Waals surface area contributed by atoms with Crippen LogP contribution in [0.4, 0.5) is 0 Å². The first kappa shape index (κ1) is 17.5. The molecule has 0 saturated carbocycles. The van der Waals surface area contributed by atoms with E-state index >= 15 is 0 Å². The van der Waals surface area contributed by atoms with Crippen molar-refractivity contribution in [3.8, 4) is 0 Å². The van der Waals surface area contributed by atoms with Crippen LogP contribution in [-0.4, -0.2) is 59.9 Å². The number of hydrogen-bond donors (Lipinski definition) is 1. The van der Waals surface area contributed by atoms with Gasteiger partial charge in [-0.3, -0.25) is 9.59 Å². The Balaban J connectivity index is 1.99. The molecule has 0 aromatic heterocycles. The van der Waals surface area contributed by atoms with Crippen molar-refractivity contribution in [3.05, 3.63) is 35.4 Å². The minimum Gasteiger partial charge on any atom is -0.347 e. The van der Waals surface area contributed by atoms with Crippen LogP contribution in [-0.2, 0) is 0 Å². The highest BCUT2D eigenvalue weighted by atomic mass is 16.2. The molecule has 0 atom stereocenters. The van der Waals surface area contributed by atoms with E-state index in [2.05, 4.69) is 17.1 Å². The van der Waals surface area contributed by atoms with Gasteiger partial charge in [0.1, 0.15) is 0 Å². The Kier molecular flexibility index (Phi) is 5.42. The van der Waals surface area contributed by atoms with E-state index in [1.807, 2.05) is 25.7 Å². The maximum atomic E-state index is 12.5. The lowest BCUT2D eigenvalue weighted by Crippen LogP contribution is -2.48. The summed E-state index contributed by atoms with van der Waals surface area (Å²) in [6.45, 7) is 12.4. The zero-order valence-electron chi connectivity index (χ0n) is 14.6. The molecule has 1 N–H and O–H groups in total. The molecule has 0 aliphatic carbocycles. The molecule has 1 saturated heterocycles. The Morgan fingerprint density at radius 2 is 1.52 bits per heavy atom. The van der Waals surface area contributed by atoms with Gasteiger partial charge in [0.2, 0.25) is 0 Å². The lowest BCUT2D eigenvalue weighted by molar-refractivity contribution is 0.0643. The molecule has 23 heavy (non-hydrogen) atoms. The van der Waals surface area contributed by atoms with Gasteiger partial charge in [0.05, 0.1) is 0 Å². The second kappa shape index (κ2) is 7.13. The Labute approximate surface area is 138 Å². The highest BCUT2D eigenvalue weighted by molar-refractivity contribution is 5.98. The van der Waals surface area contributed by atoms with Crippen LogP contribution in [0.25, 0.3) is 0 Å². The SMILES string of the molecule is CCN1CCN(C(=O)c2ccc(C(=O)NC(C)(C)C)cc2)CC1. The molecule has 1 aliphatic heterocycles. The number of carbonyl (C=O) groups is 2. The fourth-order valence-corrected chi connectivity index (χ4v) is 2.63. The molecular formula is C18H27N3O2. The minimum atomic E-state index is -0.273. The summed E-state index contributed by atoms with van der Waals surface area (Å²) in [4.78, 5) is 28.8. The third kappa shape index (κ3) is 4.79. The molecule has 126 valence electrons. The predicted molar refractivity (Wildman–Crippen MR) is 91.7 cm³/mol. The highest BCUT2D eigenvalue weighted by Gasteiger charge is 2.21. The Morgan fingerprint density at radius 1 is 1.00 bits per heavy atom. The van der Waals surface area contributed by atoms with Crippen molar-refractivity contribution < 1.29 is 9.59 Å². The van der Waals surface area contributed by atoms with Crippen LogP contribution in [0, 0.1) is 0 Å². The molecule has 0 bridgehead atoms. The minimum absolute atomic E-state index is 0.0449. The smallest absolute Gasteiger partial charge is 0.253 e. The monoisotopic (exact) mass is 317 g/mol. The second-order valence-electron chi connectivity index (χ2n) is 7.01. The summed E-state index contributed by atoms with van der Waals surface area (Å²) < 4.78 is 0. The van der Waals surface area contributed by atoms with Gasteiger partial charge in [0, 0.05) is 42.8 Å². The van der Waals surface area contributed by atoms with Crippen LogP contribution in [0.5, 0.6) is 0 Å². The molecule has 0 unspecified atom stereocenters. The molecule has 2 amide bonds. The van der Waals surface area contributed by atoms with Crippen molar-refractivity contribution in [1.82, 2.24) is 15.1 Å². The summed E-state index contributed by atoms with van der Waals surface area (Å²) in [5.74, 6) is -0.0726. The van der Waals surface area contributed by atoms with Crippen molar-refractivity contribution in [2.24, 2.45) is 0 Å². The number of rotatable bonds is 3. The molecule has 1 fully saturated rings. The number of carbonyl (C=O) groups excluding carboxylic acids is 2. The first-order valence-electron chi connectivity index (χ1n) is 8.24. The van der Waals surface area contributed by atoms with Gasteiger partial charge >= 0.3 is 0 Å². The van der Waals surface area contributed by atoms with Crippen molar-refractivity contribution >= 4 is 11.8 Å². The summed E-state index contributed by atoms with van der Waals surface area (Å²) in [6.07, 6.45) is 0. The predicted octanol–water partition coefficient (Wildman–Crippen LogP) is 1.99. The number of amides is 2. The van der Waals surface area contributed by atoms with E-state index in [1.54, 1.807) is 24.3 Å².